The Morgan fingerprint density at radius 3 is 2.85 bits per heavy atom. The molecule has 1 aromatic carbocycles. The van der Waals surface area contributed by atoms with Crippen molar-refractivity contribution in [2.24, 2.45) is 0 Å². The molecule has 1 N–H and O–H groups in total. The van der Waals surface area contributed by atoms with Gasteiger partial charge in [-0.2, -0.15) is 0 Å². The predicted octanol–water partition coefficient (Wildman–Crippen LogP) is 3.99. The van der Waals surface area contributed by atoms with Crippen LogP contribution in [0.4, 0.5) is 0 Å². The molecule has 3 rings (SSSR count). The standard InChI is InChI=1S/C17H21NO2/c1-12(2)18-11-16-8-9-17(20-16)13-4-3-5-15(10-13)19-14-6-7-14/h3-5,8-10,12,14,18H,6-7,11H2,1-2H3. The Morgan fingerprint density at radius 1 is 1.25 bits per heavy atom. The molecule has 3 heteroatoms. The van der Waals surface area contributed by atoms with Crippen LogP contribution in [-0.2, 0) is 6.54 Å². The molecular formula is C17H21NO2. The molecule has 0 radical (unpaired) electrons. The van der Waals surface area contributed by atoms with Gasteiger partial charge in [-0.25, -0.2) is 0 Å². The summed E-state index contributed by atoms with van der Waals surface area (Å²) >= 11 is 0. The van der Waals surface area contributed by atoms with Gasteiger partial charge in [0.25, 0.3) is 0 Å². The summed E-state index contributed by atoms with van der Waals surface area (Å²) in [4.78, 5) is 0. The number of ether oxygens (including phenoxy) is 1. The SMILES string of the molecule is CC(C)NCc1ccc(-c2cccc(OC3CC3)c2)o1. The maximum atomic E-state index is 5.88. The molecule has 1 saturated carbocycles. The first kappa shape index (κ1) is 13.3. The van der Waals surface area contributed by atoms with Crippen LogP contribution >= 0.6 is 0 Å². The summed E-state index contributed by atoms with van der Waals surface area (Å²) in [6.07, 6.45) is 2.78. The summed E-state index contributed by atoms with van der Waals surface area (Å²) in [5, 5.41) is 3.35. The molecule has 1 aromatic heterocycles. The van der Waals surface area contributed by atoms with E-state index in [2.05, 4.69) is 31.3 Å². The van der Waals surface area contributed by atoms with E-state index in [1.54, 1.807) is 0 Å². The Hall–Kier alpha value is -1.74. The van der Waals surface area contributed by atoms with Crippen LogP contribution in [0, 0.1) is 0 Å². The quantitative estimate of drug-likeness (QED) is 0.862. The van der Waals surface area contributed by atoms with Crippen LogP contribution < -0.4 is 10.1 Å². The van der Waals surface area contributed by atoms with Crippen molar-refractivity contribution in [2.45, 2.75) is 45.4 Å². The van der Waals surface area contributed by atoms with E-state index >= 15 is 0 Å². The lowest BCUT2D eigenvalue weighted by Crippen LogP contribution is -2.21. The van der Waals surface area contributed by atoms with Gasteiger partial charge in [-0.15, -0.1) is 0 Å². The zero-order valence-electron chi connectivity index (χ0n) is 12.1. The second-order valence-electron chi connectivity index (χ2n) is 5.65. The third-order valence-electron chi connectivity index (χ3n) is 3.29. The molecule has 0 atom stereocenters. The first-order chi connectivity index (χ1) is 9.70. The van der Waals surface area contributed by atoms with E-state index in [1.807, 2.05) is 24.3 Å². The fourth-order valence-electron chi connectivity index (χ4n) is 2.03. The first-order valence-electron chi connectivity index (χ1n) is 7.30. The molecule has 0 amide bonds. The van der Waals surface area contributed by atoms with Crippen LogP contribution in [0.25, 0.3) is 11.3 Å². The number of hydrogen-bond acceptors (Lipinski definition) is 3. The van der Waals surface area contributed by atoms with Crippen molar-refractivity contribution in [1.29, 1.82) is 0 Å². The largest absolute Gasteiger partial charge is 0.490 e. The Bertz CT molecular complexity index is 570. The molecule has 1 fully saturated rings. The molecule has 0 saturated heterocycles. The minimum Gasteiger partial charge on any atom is -0.490 e. The topological polar surface area (TPSA) is 34.4 Å². The van der Waals surface area contributed by atoms with Crippen LogP contribution in [0.15, 0.2) is 40.8 Å². The van der Waals surface area contributed by atoms with Gasteiger partial charge < -0.3 is 14.5 Å². The third-order valence-corrected chi connectivity index (χ3v) is 3.29. The summed E-state index contributed by atoms with van der Waals surface area (Å²) in [6, 6.07) is 12.6. The highest BCUT2D eigenvalue weighted by molar-refractivity contribution is 5.59. The molecule has 0 bridgehead atoms. The van der Waals surface area contributed by atoms with E-state index in [-0.39, 0.29) is 0 Å². The van der Waals surface area contributed by atoms with Gasteiger partial charge in [0.15, 0.2) is 0 Å². The molecule has 2 aromatic rings. The number of benzene rings is 1. The van der Waals surface area contributed by atoms with Crippen molar-refractivity contribution >= 4 is 0 Å². The van der Waals surface area contributed by atoms with Gasteiger partial charge >= 0.3 is 0 Å². The zero-order valence-corrected chi connectivity index (χ0v) is 12.1. The van der Waals surface area contributed by atoms with Gasteiger partial charge in [0, 0.05) is 11.6 Å². The molecule has 0 aliphatic heterocycles. The fourth-order valence-corrected chi connectivity index (χ4v) is 2.03. The minimum atomic E-state index is 0.424. The summed E-state index contributed by atoms with van der Waals surface area (Å²) in [7, 11) is 0. The monoisotopic (exact) mass is 271 g/mol. The Kier molecular flexibility index (Phi) is 3.79. The maximum absolute atomic E-state index is 5.88. The van der Waals surface area contributed by atoms with E-state index < -0.39 is 0 Å². The van der Waals surface area contributed by atoms with E-state index in [0.717, 1.165) is 29.4 Å². The van der Waals surface area contributed by atoms with Gasteiger partial charge in [-0.05, 0) is 37.1 Å². The summed E-state index contributed by atoms with van der Waals surface area (Å²) in [6.45, 7) is 5.01. The average Bonchev–Trinajstić information content (AvgIpc) is 3.11. The van der Waals surface area contributed by atoms with E-state index in [1.165, 1.54) is 12.8 Å². The van der Waals surface area contributed by atoms with E-state index in [9.17, 15) is 0 Å². The van der Waals surface area contributed by atoms with Crippen molar-refractivity contribution in [3.63, 3.8) is 0 Å². The second kappa shape index (κ2) is 5.71. The highest BCUT2D eigenvalue weighted by Gasteiger charge is 2.23. The Balaban J connectivity index is 1.71. The molecule has 0 unspecified atom stereocenters. The molecule has 0 spiro atoms. The van der Waals surface area contributed by atoms with Gasteiger partial charge in [0.05, 0.1) is 12.6 Å². The lowest BCUT2D eigenvalue weighted by Gasteiger charge is -2.06. The molecule has 1 heterocycles. The van der Waals surface area contributed by atoms with Crippen LogP contribution in [0.1, 0.15) is 32.4 Å². The fraction of sp³-hybridized carbons (Fsp3) is 0.412. The number of rotatable bonds is 6. The second-order valence-corrected chi connectivity index (χ2v) is 5.65. The van der Waals surface area contributed by atoms with E-state index in [0.29, 0.717) is 12.1 Å². The summed E-state index contributed by atoms with van der Waals surface area (Å²) in [5.74, 6) is 2.79. The highest BCUT2D eigenvalue weighted by atomic mass is 16.5. The van der Waals surface area contributed by atoms with Crippen molar-refractivity contribution in [1.82, 2.24) is 5.32 Å². The van der Waals surface area contributed by atoms with Crippen LogP contribution in [0.5, 0.6) is 5.75 Å². The van der Waals surface area contributed by atoms with Crippen LogP contribution in [0.2, 0.25) is 0 Å². The summed E-state index contributed by atoms with van der Waals surface area (Å²) in [5.41, 5.74) is 1.07. The van der Waals surface area contributed by atoms with Crippen molar-refractivity contribution in [3.05, 3.63) is 42.2 Å². The predicted molar refractivity (Wildman–Crippen MR) is 79.8 cm³/mol. The zero-order chi connectivity index (χ0) is 13.9. The summed E-state index contributed by atoms with van der Waals surface area (Å²) < 4.78 is 11.7. The Labute approximate surface area is 119 Å². The van der Waals surface area contributed by atoms with Crippen molar-refractivity contribution in [2.75, 3.05) is 0 Å². The smallest absolute Gasteiger partial charge is 0.134 e. The van der Waals surface area contributed by atoms with Crippen LogP contribution in [-0.4, -0.2) is 12.1 Å². The van der Waals surface area contributed by atoms with Crippen molar-refractivity contribution in [3.8, 4) is 17.1 Å². The lowest BCUT2D eigenvalue weighted by atomic mass is 10.1. The molecule has 20 heavy (non-hydrogen) atoms. The van der Waals surface area contributed by atoms with Gasteiger partial charge in [0.1, 0.15) is 17.3 Å². The normalized spacial score (nSPS) is 14.8. The number of nitrogens with one attached hydrogen (secondary N) is 1. The maximum Gasteiger partial charge on any atom is 0.134 e. The molecule has 106 valence electrons. The minimum absolute atomic E-state index is 0.424. The third kappa shape index (κ3) is 3.42. The van der Waals surface area contributed by atoms with Crippen molar-refractivity contribution < 1.29 is 9.15 Å². The Morgan fingerprint density at radius 2 is 2.10 bits per heavy atom. The van der Waals surface area contributed by atoms with Crippen LogP contribution in [0.3, 0.4) is 0 Å². The van der Waals surface area contributed by atoms with E-state index in [4.69, 9.17) is 9.15 Å². The number of hydrogen-bond donors (Lipinski definition) is 1. The number of furan rings is 1. The molecule has 3 nitrogen and oxygen atoms in total. The average molecular weight is 271 g/mol. The highest BCUT2D eigenvalue weighted by Crippen LogP contribution is 2.30. The lowest BCUT2D eigenvalue weighted by molar-refractivity contribution is 0.303. The van der Waals surface area contributed by atoms with Gasteiger partial charge in [0.2, 0.25) is 0 Å². The molecule has 1 aliphatic carbocycles. The molecule has 1 aliphatic rings. The van der Waals surface area contributed by atoms with Gasteiger partial charge in [-0.1, -0.05) is 26.0 Å². The van der Waals surface area contributed by atoms with Gasteiger partial charge in [-0.3, -0.25) is 0 Å². The molecular weight excluding hydrogens is 250 g/mol. The first-order valence-corrected chi connectivity index (χ1v) is 7.30.